The number of hydrogen-bond acceptors (Lipinski definition) is 6. The van der Waals surface area contributed by atoms with Crippen molar-refractivity contribution in [1.29, 1.82) is 0 Å². The average Bonchev–Trinajstić information content (AvgIpc) is 2.71. The van der Waals surface area contributed by atoms with E-state index in [4.69, 9.17) is 42.1 Å². The third-order valence-corrected chi connectivity index (χ3v) is 5.22. The van der Waals surface area contributed by atoms with Gasteiger partial charge in [0.1, 0.15) is 24.4 Å². The number of halogens is 2. The smallest absolute Gasteiger partial charge is 0.185 e. The zero-order valence-electron chi connectivity index (χ0n) is 14.8. The molecule has 4 rings (SSSR count). The summed E-state index contributed by atoms with van der Waals surface area (Å²) < 4.78 is 23.3. The minimum absolute atomic E-state index is 0.0436. The molecule has 2 N–H and O–H groups in total. The van der Waals surface area contributed by atoms with E-state index in [1.807, 2.05) is 6.07 Å². The molecule has 2 bridgehead atoms. The van der Waals surface area contributed by atoms with E-state index in [1.54, 1.807) is 42.5 Å². The first-order chi connectivity index (χ1) is 13.5. The summed E-state index contributed by atoms with van der Waals surface area (Å²) in [4.78, 5) is 0. The molecule has 2 aliphatic heterocycles. The van der Waals surface area contributed by atoms with Gasteiger partial charge in [0, 0.05) is 21.2 Å². The molecule has 2 aromatic rings. The summed E-state index contributed by atoms with van der Waals surface area (Å²) in [5.74, 6) is 0. The highest BCUT2D eigenvalue weighted by Gasteiger charge is 2.44. The van der Waals surface area contributed by atoms with Gasteiger partial charge in [-0.1, -0.05) is 47.5 Å². The number of fused-ring (bicyclic) bond motifs is 2. The van der Waals surface area contributed by atoms with Crippen LogP contribution < -0.4 is 0 Å². The summed E-state index contributed by atoms with van der Waals surface area (Å²) >= 11 is 12.1. The van der Waals surface area contributed by atoms with E-state index >= 15 is 0 Å². The van der Waals surface area contributed by atoms with Crippen LogP contribution in [0.3, 0.4) is 0 Å². The van der Waals surface area contributed by atoms with Gasteiger partial charge < -0.3 is 29.2 Å². The molecule has 2 fully saturated rings. The third kappa shape index (κ3) is 4.35. The molecule has 2 aliphatic rings. The number of aliphatic hydroxyl groups excluding tert-OH is 2. The van der Waals surface area contributed by atoms with E-state index in [2.05, 4.69) is 0 Å². The van der Waals surface area contributed by atoms with Gasteiger partial charge in [0.25, 0.3) is 0 Å². The van der Waals surface area contributed by atoms with Gasteiger partial charge in [-0.05, 0) is 24.3 Å². The van der Waals surface area contributed by atoms with Gasteiger partial charge in [-0.15, -0.1) is 0 Å². The fourth-order valence-electron chi connectivity index (χ4n) is 3.33. The summed E-state index contributed by atoms with van der Waals surface area (Å²) in [6.45, 7) is -0.0457. The van der Waals surface area contributed by atoms with Crippen molar-refractivity contribution in [2.75, 3.05) is 13.2 Å². The summed E-state index contributed by atoms with van der Waals surface area (Å²) in [7, 11) is 0. The summed E-state index contributed by atoms with van der Waals surface area (Å²) in [5.41, 5.74) is 1.39. The lowest BCUT2D eigenvalue weighted by Crippen LogP contribution is -2.54. The molecule has 0 aliphatic carbocycles. The zero-order chi connectivity index (χ0) is 19.7. The molecule has 2 aromatic carbocycles. The Morgan fingerprint density at radius 2 is 1.39 bits per heavy atom. The SMILES string of the molecule is O[C@@H]1[C@H]2OC(c3cccc(Cl)c3)O[C@@H]1COC(c1cccc(Cl)c1)OC[C@@H]2O. The Kier molecular flexibility index (Phi) is 6.20. The quantitative estimate of drug-likeness (QED) is 0.767. The van der Waals surface area contributed by atoms with E-state index in [9.17, 15) is 10.2 Å². The van der Waals surface area contributed by atoms with Crippen LogP contribution in [0.25, 0.3) is 0 Å². The van der Waals surface area contributed by atoms with Crippen LogP contribution in [0.4, 0.5) is 0 Å². The Bertz CT molecular complexity index is 819. The minimum Gasteiger partial charge on any atom is -0.388 e. The van der Waals surface area contributed by atoms with Crippen molar-refractivity contribution in [2.24, 2.45) is 0 Å². The minimum atomic E-state index is -1.08. The Balaban J connectivity index is 1.57. The highest BCUT2D eigenvalue weighted by molar-refractivity contribution is 6.30. The van der Waals surface area contributed by atoms with Crippen LogP contribution in [-0.4, -0.2) is 47.8 Å². The van der Waals surface area contributed by atoms with Crippen molar-refractivity contribution in [3.63, 3.8) is 0 Å². The zero-order valence-corrected chi connectivity index (χ0v) is 16.3. The van der Waals surface area contributed by atoms with Crippen LogP contribution in [0.5, 0.6) is 0 Å². The lowest BCUT2D eigenvalue weighted by molar-refractivity contribution is -0.308. The van der Waals surface area contributed by atoms with E-state index in [-0.39, 0.29) is 13.2 Å². The van der Waals surface area contributed by atoms with Crippen molar-refractivity contribution < 1.29 is 29.2 Å². The number of benzene rings is 2. The second-order valence-corrected chi connectivity index (χ2v) is 7.65. The molecule has 0 radical (unpaired) electrons. The van der Waals surface area contributed by atoms with Crippen molar-refractivity contribution in [3.05, 3.63) is 69.7 Å². The molecule has 150 valence electrons. The molecule has 8 heteroatoms. The van der Waals surface area contributed by atoms with Crippen LogP contribution in [0.1, 0.15) is 23.7 Å². The van der Waals surface area contributed by atoms with Crippen LogP contribution in [0, 0.1) is 0 Å². The molecule has 2 saturated heterocycles. The predicted octanol–water partition coefficient (Wildman–Crippen LogP) is 3.24. The lowest BCUT2D eigenvalue weighted by atomic mass is 10.0. The Hall–Kier alpha value is -1.22. The topological polar surface area (TPSA) is 77.4 Å². The normalized spacial score (nSPS) is 33.6. The van der Waals surface area contributed by atoms with Gasteiger partial charge in [-0.3, -0.25) is 0 Å². The maximum Gasteiger partial charge on any atom is 0.185 e. The first kappa shape index (κ1) is 20.1. The Morgan fingerprint density at radius 3 is 2.04 bits per heavy atom. The molecule has 6 atom stereocenters. The van der Waals surface area contributed by atoms with Crippen molar-refractivity contribution in [1.82, 2.24) is 0 Å². The first-order valence-corrected chi connectivity index (χ1v) is 9.68. The molecule has 0 spiro atoms. The van der Waals surface area contributed by atoms with Crippen LogP contribution in [0.15, 0.2) is 48.5 Å². The molecule has 2 unspecified atom stereocenters. The number of ether oxygens (including phenoxy) is 4. The first-order valence-electron chi connectivity index (χ1n) is 8.92. The molecule has 0 amide bonds. The maximum absolute atomic E-state index is 10.6. The van der Waals surface area contributed by atoms with Gasteiger partial charge >= 0.3 is 0 Å². The number of aliphatic hydroxyl groups is 2. The summed E-state index contributed by atoms with van der Waals surface area (Å²) in [6, 6.07) is 14.1. The van der Waals surface area contributed by atoms with Gasteiger partial charge in [-0.25, -0.2) is 0 Å². The van der Waals surface area contributed by atoms with Gasteiger partial charge in [0.2, 0.25) is 0 Å². The monoisotopic (exact) mass is 426 g/mol. The Morgan fingerprint density at radius 1 is 0.786 bits per heavy atom. The number of rotatable bonds is 2. The predicted molar refractivity (Wildman–Crippen MR) is 102 cm³/mol. The molecule has 6 nitrogen and oxygen atoms in total. The molecule has 0 saturated carbocycles. The summed E-state index contributed by atoms with van der Waals surface area (Å²) in [5, 5.41) is 22.3. The Labute approximate surface area is 172 Å². The summed E-state index contributed by atoms with van der Waals surface area (Å²) in [6.07, 6.45) is -5.32. The van der Waals surface area contributed by atoms with Gasteiger partial charge in [0.15, 0.2) is 12.6 Å². The standard InChI is InChI=1S/C20H20Cl2O6/c21-13-5-1-3-11(7-13)19-25-9-15(23)18-17(24)16(10-26-19)27-20(28-18)12-4-2-6-14(22)8-12/h1-8,15-20,23-24H,9-10H2/t15-,16+,17-,18-,19?,20?/m0/s1. The maximum atomic E-state index is 10.6. The average molecular weight is 427 g/mol. The van der Waals surface area contributed by atoms with Crippen LogP contribution in [-0.2, 0) is 18.9 Å². The lowest BCUT2D eigenvalue weighted by Gasteiger charge is -2.40. The molecular weight excluding hydrogens is 407 g/mol. The van der Waals surface area contributed by atoms with Crippen molar-refractivity contribution in [2.45, 2.75) is 37.0 Å². The van der Waals surface area contributed by atoms with E-state index in [0.29, 0.717) is 21.2 Å². The highest BCUT2D eigenvalue weighted by atomic mass is 35.5. The third-order valence-electron chi connectivity index (χ3n) is 4.75. The largest absolute Gasteiger partial charge is 0.388 e. The van der Waals surface area contributed by atoms with Crippen LogP contribution >= 0.6 is 23.2 Å². The molecule has 28 heavy (non-hydrogen) atoms. The molecule has 0 aromatic heterocycles. The van der Waals surface area contributed by atoms with Crippen LogP contribution in [0.2, 0.25) is 10.0 Å². The van der Waals surface area contributed by atoms with Gasteiger partial charge in [0.05, 0.1) is 13.2 Å². The highest BCUT2D eigenvalue weighted by Crippen LogP contribution is 2.35. The number of hydrogen-bond donors (Lipinski definition) is 2. The second-order valence-electron chi connectivity index (χ2n) is 6.77. The van der Waals surface area contributed by atoms with E-state index in [1.165, 1.54) is 0 Å². The van der Waals surface area contributed by atoms with E-state index < -0.39 is 37.0 Å². The van der Waals surface area contributed by atoms with Crippen molar-refractivity contribution >= 4 is 23.2 Å². The molecule has 2 heterocycles. The van der Waals surface area contributed by atoms with E-state index in [0.717, 1.165) is 0 Å². The van der Waals surface area contributed by atoms with Gasteiger partial charge in [-0.2, -0.15) is 0 Å². The second kappa shape index (κ2) is 8.65. The van der Waals surface area contributed by atoms with Crippen molar-refractivity contribution in [3.8, 4) is 0 Å². The molecular formula is C20H20Cl2O6. The fraction of sp³-hybridized carbons (Fsp3) is 0.400. The fourth-order valence-corrected chi connectivity index (χ4v) is 3.73.